The first kappa shape index (κ1) is 16.9. The van der Waals surface area contributed by atoms with E-state index in [9.17, 15) is 4.39 Å². The lowest BCUT2D eigenvalue weighted by atomic mass is 10.00. The zero-order valence-corrected chi connectivity index (χ0v) is 14.1. The van der Waals surface area contributed by atoms with Crippen LogP contribution in [0.3, 0.4) is 0 Å². The molecule has 1 aliphatic heterocycles. The van der Waals surface area contributed by atoms with E-state index in [1.54, 1.807) is 6.07 Å². The largest absolute Gasteiger partial charge is 0.327 e. The molecule has 3 nitrogen and oxygen atoms in total. The Bertz CT molecular complexity index is 785. The summed E-state index contributed by atoms with van der Waals surface area (Å²) in [6.07, 6.45) is 2.16. The van der Waals surface area contributed by atoms with Gasteiger partial charge in [0.05, 0.1) is 10.6 Å². The number of nitrogens with zero attached hydrogens (tertiary/aromatic N) is 2. The van der Waals surface area contributed by atoms with Crippen LogP contribution in [0.15, 0.2) is 36.4 Å². The highest BCUT2D eigenvalue weighted by Gasteiger charge is 2.18. The van der Waals surface area contributed by atoms with E-state index in [0.29, 0.717) is 10.6 Å². The van der Waals surface area contributed by atoms with Crippen LogP contribution >= 0.6 is 11.6 Å². The summed E-state index contributed by atoms with van der Waals surface area (Å²) >= 11 is 6.58. The Kier molecular flexibility index (Phi) is 5.15. The maximum absolute atomic E-state index is 13.9. The summed E-state index contributed by atoms with van der Waals surface area (Å²) in [7, 11) is 0. The molecule has 0 saturated carbocycles. The molecule has 1 aliphatic rings. The molecule has 0 aliphatic carbocycles. The van der Waals surface area contributed by atoms with Crippen LogP contribution in [0, 0.1) is 17.1 Å². The lowest BCUT2D eigenvalue weighted by Crippen LogP contribution is -2.42. The molecular weight excluding hydrogens is 325 g/mol. The minimum absolute atomic E-state index is 0.0355. The van der Waals surface area contributed by atoms with Crippen molar-refractivity contribution in [3.8, 4) is 17.2 Å². The van der Waals surface area contributed by atoms with E-state index in [-0.39, 0.29) is 11.6 Å². The molecule has 0 aromatic heterocycles. The number of benzene rings is 2. The van der Waals surface area contributed by atoms with Gasteiger partial charge in [0, 0.05) is 24.7 Å². The molecule has 124 valence electrons. The van der Waals surface area contributed by atoms with Gasteiger partial charge in [0.1, 0.15) is 11.9 Å². The Morgan fingerprint density at radius 1 is 1.33 bits per heavy atom. The number of halogens is 2. The summed E-state index contributed by atoms with van der Waals surface area (Å²) < 4.78 is 13.9. The molecule has 0 radical (unpaired) electrons. The van der Waals surface area contributed by atoms with Crippen molar-refractivity contribution in [3.05, 3.63) is 58.4 Å². The minimum Gasteiger partial charge on any atom is -0.327 e. The molecule has 3 rings (SSSR count). The fraction of sp³-hybridized carbons (Fsp3) is 0.316. The van der Waals surface area contributed by atoms with Gasteiger partial charge >= 0.3 is 0 Å². The molecule has 24 heavy (non-hydrogen) atoms. The highest BCUT2D eigenvalue weighted by atomic mass is 35.5. The number of hydrogen-bond acceptors (Lipinski definition) is 3. The molecule has 1 fully saturated rings. The molecule has 5 heteroatoms. The molecule has 0 bridgehead atoms. The smallest absolute Gasteiger partial charge is 0.141 e. The van der Waals surface area contributed by atoms with E-state index < -0.39 is 5.82 Å². The van der Waals surface area contributed by atoms with Gasteiger partial charge in [-0.2, -0.15) is 5.26 Å². The molecule has 0 amide bonds. The Balaban J connectivity index is 1.88. The van der Waals surface area contributed by atoms with Crippen molar-refractivity contribution < 1.29 is 4.39 Å². The summed E-state index contributed by atoms with van der Waals surface area (Å²) in [5.74, 6) is -0.529. The van der Waals surface area contributed by atoms with Gasteiger partial charge in [-0.15, -0.1) is 0 Å². The summed E-state index contributed by atoms with van der Waals surface area (Å²) in [6.45, 7) is 2.62. The maximum Gasteiger partial charge on any atom is 0.141 e. The van der Waals surface area contributed by atoms with Crippen LogP contribution in [0.4, 0.5) is 4.39 Å². The number of rotatable bonds is 3. The second kappa shape index (κ2) is 7.31. The lowest BCUT2D eigenvalue weighted by Gasteiger charge is -2.31. The number of likely N-dealkylation sites (tertiary alicyclic amines) is 1. The fourth-order valence-electron chi connectivity index (χ4n) is 3.17. The number of nitrogens with two attached hydrogens (primary N) is 1. The van der Waals surface area contributed by atoms with E-state index in [2.05, 4.69) is 4.90 Å². The lowest BCUT2D eigenvalue weighted by molar-refractivity contribution is 0.201. The van der Waals surface area contributed by atoms with Gasteiger partial charge in [0.2, 0.25) is 0 Å². The van der Waals surface area contributed by atoms with Gasteiger partial charge < -0.3 is 5.73 Å². The molecule has 1 saturated heterocycles. The van der Waals surface area contributed by atoms with Crippen LogP contribution in [-0.4, -0.2) is 24.0 Å². The highest BCUT2D eigenvalue weighted by Crippen LogP contribution is 2.32. The molecule has 0 spiro atoms. The van der Waals surface area contributed by atoms with E-state index >= 15 is 0 Å². The van der Waals surface area contributed by atoms with Crippen molar-refractivity contribution in [1.29, 1.82) is 5.26 Å². The van der Waals surface area contributed by atoms with Gasteiger partial charge in [-0.1, -0.05) is 35.9 Å². The van der Waals surface area contributed by atoms with Crippen molar-refractivity contribution in [1.82, 2.24) is 4.90 Å². The van der Waals surface area contributed by atoms with Crippen molar-refractivity contribution in [2.45, 2.75) is 25.4 Å². The average molecular weight is 344 g/mol. The highest BCUT2D eigenvalue weighted by molar-refractivity contribution is 6.34. The maximum atomic E-state index is 13.9. The van der Waals surface area contributed by atoms with Gasteiger partial charge in [-0.3, -0.25) is 4.90 Å². The zero-order valence-electron chi connectivity index (χ0n) is 13.3. The summed E-state index contributed by atoms with van der Waals surface area (Å²) in [6, 6.07) is 12.4. The first-order chi connectivity index (χ1) is 11.6. The molecule has 2 aromatic rings. The monoisotopic (exact) mass is 343 g/mol. The first-order valence-corrected chi connectivity index (χ1v) is 8.41. The van der Waals surface area contributed by atoms with Crippen molar-refractivity contribution in [3.63, 3.8) is 0 Å². The Labute approximate surface area is 146 Å². The standard InChI is InChI=1S/C19H19ClFN3/c20-19-15(11-24-8-2-4-16(23)12-24)3-1-5-17(19)13-6-7-14(10-22)18(21)9-13/h1,3,5-7,9,16H,2,4,8,11-12,23H2/t16-/m1/s1. The average Bonchev–Trinajstić information content (AvgIpc) is 2.57. The van der Waals surface area contributed by atoms with Crippen molar-refractivity contribution in [2.75, 3.05) is 13.1 Å². The van der Waals surface area contributed by atoms with Gasteiger partial charge in [0.25, 0.3) is 0 Å². The molecule has 2 N–H and O–H groups in total. The minimum atomic E-state index is -0.529. The topological polar surface area (TPSA) is 53.0 Å². The predicted molar refractivity (Wildman–Crippen MR) is 94.0 cm³/mol. The summed E-state index contributed by atoms with van der Waals surface area (Å²) in [5.41, 5.74) is 8.53. The van der Waals surface area contributed by atoms with Crippen LogP contribution in [0.1, 0.15) is 24.0 Å². The quantitative estimate of drug-likeness (QED) is 0.918. The number of nitriles is 1. The molecule has 0 unspecified atom stereocenters. The normalized spacial score (nSPS) is 18.3. The van der Waals surface area contributed by atoms with Crippen molar-refractivity contribution >= 4 is 11.6 Å². The second-order valence-corrected chi connectivity index (χ2v) is 6.60. The number of hydrogen-bond donors (Lipinski definition) is 1. The van der Waals surface area contributed by atoms with Crippen LogP contribution in [0.2, 0.25) is 5.02 Å². The summed E-state index contributed by atoms with van der Waals surface area (Å²) in [4.78, 5) is 2.30. The van der Waals surface area contributed by atoms with Crippen LogP contribution in [0.25, 0.3) is 11.1 Å². The Morgan fingerprint density at radius 2 is 2.17 bits per heavy atom. The van der Waals surface area contributed by atoms with Gasteiger partial charge in [0.15, 0.2) is 0 Å². The Hall–Kier alpha value is -1.93. The zero-order chi connectivity index (χ0) is 17.1. The summed E-state index contributed by atoms with van der Waals surface area (Å²) in [5, 5.41) is 9.48. The molecule has 1 heterocycles. The van der Waals surface area contributed by atoms with Crippen LogP contribution < -0.4 is 5.73 Å². The SMILES string of the molecule is N#Cc1ccc(-c2cccc(CN3CCC[C@@H](N)C3)c2Cl)cc1F. The third-order valence-corrected chi connectivity index (χ3v) is 4.86. The molecule has 1 atom stereocenters. The fourth-order valence-corrected chi connectivity index (χ4v) is 3.47. The first-order valence-electron chi connectivity index (χ1n) is 8.04. The van der Waals surface area contributed by atoms with E-state index in [4.69, 9.17) is 22.6 Å². The van der Waals surface area contributed by atoms with E-state index in [1.807, 2.05) is 24.3 Å². The van der Waals surface area contributed by atoms with E-state index in [1.165, 1.54) is 12.1 Å². The second-order valence-electron chi connectivity index (χ2n) is 6.22. The van der Waals surface area contributed by atoms with Crippen LogP contribution in [0.5, 0.6) is 0 Å². The Morgan fingerprint density at radius 3 is 2.88 bits per heavy atom. The van der Waals surface area contributed by atoms with E-state index in [0.717, 1.165) is 43.6 Å². The van der Waals surface area contributed by atoms with Gasteiger partial charge in [-0.05, 0) is 42.6 Å². The van der Waals surface area contributed by atoms with Crippen molar-refractivity contribution in [2.24, 2.45) is 5.73 Å². The van der Waals surface area contributed by atoms with Gasteiger partial charge in [-0.25, -0.2) is 4.39 Å². The number of piperidine rings is 1. The molecule has 2 aromatic carbocycles. The predicted octanol–water partition coefficient (Wildman–Crippen LogP) is 3.94. The molecular formula is C19H19ClFN3. The van der Waals surface area contributed by atoms with Crippen LogP contribution in [-0.2, 0) is 6.54 Å². The third-order valence-electron chi connectivity index (χ3n) is 4.42. The third kappa shape index (κ3) is 3.59.